The molecule has 0 aliphatic heterocycles. The van der Waals surface area contributed by atoms with Crippen LogP contribution in [0.1, 0.15) is 48.9 Å². The molecule has 166 valence electrons. The Bertz CT molecular complexity index is 1110. The van der Waals surface area contributed by atoms with Crippen LogP contribution < -0.4 is 11.1 Å². The summed E-state index contributed by atoms with van der Waals surface area (Å²) >= 11 is 0. The molecule has 0 bridgehead atoms. The fourth-order valence-electron chi connectivity index (χ4n) is 4.79. The van der Waals surface area contributed by atoms with Crippen molar-refractivity contribution in [2.75, 3.05) is 12.8 Å². The van der Waals surface area contributed by atoms with E-state index in [0.29, 0.717) is 23.6 Å². The zero-order valence-corrected chi connectivity index (χ0v) is 18.5. The van der Waals surface area contributed by atoms with Gasteiger partial charge in [-0.15, -0.1) is 0 Å². The second kappa shape index (κ2) is 9.86. The highest BCUT2D eigenvalue weighted by Crippen LogP contribution is 2.33. The minimum atomic E-state index is -0.659. The molecule has 1 saturated carbocycles. The quantitative estimate of drug-likeness (QED) is 0.409. The molecule has 0 heterocycles. The summed E-state index contributed by atoms with van der Waals surface area (Å²) in [6.07, 6.45) is 6.38. The Labute approximate surface area is 189 Å². The number of carbonyl (C=O) groups excluding carboxylic acids is 2. The van der Waals surface area contributed by atoms with Gasteiger partial charge in [0.1, 0.15) is 6.04 Å². The molecule has 0 aromatic heterocycles. The number of methoxy groups -OCH3 is 1. The fourth-order valence-corrected chi connectivity index (χ4v) is 4.79. The third kappa shape index (κ3) is 4.77. The predicted octanol–water partition coefficient (Wildman–Crippen LogP) is 5.33. The number of anilines is 1. The highest BCUT2D eigenvalue weighted by atomic mass is 16.5. The molecule has 3 aromatic rings. The van der Waals surface area contributed by atoms with Crippen molar-refractivity contribution in [2.45, 2.75) is 44.6 Å². The van der Waals surface area contributed by atoms with E-state index in [1.54, 1.807) is 12.1 Å². The standard InChI is InChI=1S/C27H30N2O3/c1-32-27(31)25(16-18-8-3-2-4-9-18)29-26(30)23-15-14-20(28)17-24(23)22-13-7-11-19-10-5-6-12-21(19)22/h5-7,10-15,17-18,25H,2-4,8-9,16,28H2,1H3,(H,29,30)/t25-/m1/s1. The molecule has 1 fully saturated rings. The van der Waals surface area contributed by atoms with E-state index >= 15 is 0 Å². The summed E-state index contributed by atoms with van der Waals surface area (Å²) in [6, 6.07) is 18.7. The summed E-state index contributed by atoms with van der Waals surface area (Å²) in [4.78, 5) is 25.9. The van der Waals surface area contributed by atoms with Gasteiger partial charge in [-0.1, -0.05) is 74.6 Å². The van der Waals surface area contributed by atoms with Gasteiger partial charge in [0.05, 0.1) is 7.11 Å². The number of amides is 1. The third-order valence-electron chi connectivity index (χ3n) is 6.45. The number of esters is 1. The van der Waals surface area contributed by atoms with Gasteiger partial charge in [-0.2, -0.15) is 0 Å². The zero-order valence-electron chi connectivity index (χ0n) is 18.5. The molecule has 1 aliphatic rings. The van der Waals surface area contributed by atoms with Crippen LogP contribution in [0, 0.1) is 5.92 Å². The maximum absolute atomic E-state index is 13.4. The molecule has 0 radical (unpaired) electrons. The van der Waals surface area contributed by atoms with Gasteiger partial charge in [0.25, 0.3) is 5.91 Å². The number of hydrogen-bond acceptors (Lipinski definition) is 4. The summed E-state index contributed by atoms with van der Waals surface area (Å²) in [6.45, 7) is 0. The lowest BCUT2D eigenvalue weighted by molar-refractivity contribution is -0.143. The lowest BCUT2D eigenvalue weighted by atomic mass is 9.84. The van der Waals surface area contributed by atoms with Crippen molar-refractivity contribution in [1.82, 2.24) is 5.32 Å². The van der Waals surface area contributed by atoms with Gasteiger partial charge in [0, 0.05) is 11.3 Å². The van der Waals surface area contributed by atoms with Crippen molar-refractivity contribution in [3.63, 3.8) is 0 Å². The molecule has 1 atom stereocenters. The van der Waals surface area contributed by atoms with E-state index < -0.39 is 12.0 Å². The first-order valence-corrected chi connectivity index (χ1v) is 11.3. The second-order valence-corrected chi connectivity index (χ2v) is 8.62. The lowest BCUT2D eigenvalue weighted by Crippen LogP contribution is -2.43. The Hall–Kier alpha value is -3.34. The number of nitrogen functional groups attached to an aromatic ring is 1. The van der Waals surface area contributed by atoms with E-state index in [1.165, 1.54) is 26.4 Å². The van der Waals surface area contributed by atoms with Crippen LogP contribution in [0.2, 0.25) is 0 Å². The number of nitrogens with one attached hydrogen (secondary N) is 1. The van der Waals surface area contributed by atoms with Gasteiger partial charge < -0.3 is 15.8 Å². The number of nitrogens with two attached hydrogens (primary N) is 1. The number of hydrogen-bond donors (Lipinski definition) is 2. The number of benzene rings is 3. The van der Waals surface area contributed by atoms with Crippen LogP contribution in [0.4, 0.5) is 5.69 Å². The van der Waals surface area contributed by atoms with Crippen LogP contribution in [-0.2, 0) is 9.53 Å². The smallest absolute Gasteiger partial charge is 0.328 e. The first kappa shape index (κ1) is 21.9. The highest BCUT2D eigenvalue weighted by molar-refractivity contribution is 6.07. The SMILES string of the molecule is COC(=O)[C@@H](CC1CCCCC1)NC(=O)c1ccc(N)cc1-c1cccc2ccccc12. The molecular formula is C27H30N2O3. The summed E-state index contributed by atoms with van der Waals surface area (Å²) < 4.78 is 5.01. The largest absolute Gasteiger partial charge is 0.467 e. The number of ether oxygens (including phenoxy) is 1. The van der Waals surface area contributed by atoms with Crippen molar-refractivity contribution in [1.29, 1.82) is 0 Å². The molecule has 0 spiro atoms. The summed E-state index contributed by atoms with van der Waals surface area (Å²) in [5.74, 6) is -0.262. The van der Waals surface area contributed by atoms with Crippen LogP contribution in [0.5, 0.6) is 0 Å². The minimum absolute atomic E-state index is 0.292. The fraction of sp³-hybridized carbons (Fsp3) is 0.333. The van der Waals surface area contributed by atoms with E-state index in [-0.39, 0.29) is 5.91 Å². The number of carbonyl (C=O) groups is 2. The molecule has 3 aromatic carbocycles. The van der Waals surface area contributed by atoms with Gasteiger partial charge in [-0.25, -0.2) is 4.79 Å². The Morgan fingerprint density at radius 3 is 2.53 bits per heavy atom. The first-order chi connectivity index (χ1) is 15.6. The molecular weight excluding hydrogens is 400 g/mol. The molecule has 5 heteroatoms. The van der Waals surface area contributed by atoms with Gasteiger partial charge in [-0.05, 0) is 52.4 Å². The molecule has 4 rings (SSSR count). The van der Waals surface area contributed by atoms with E-state index in [4.69, 9.17) is 10.5 Å². The van der Waals surface area contributed by atoms with Crippen LogP contribution in [-0.4, -0.2) is 25.0 Å². The Kier molecular flexibility index (Phi) is 6.74. The number of fused-ring (bicyclic) bond motifs is 1. The molecule has 1 aliphatic carbocycles. The van der Waals surface area contributed by atoms with E-state index in [0.717, 1.165) is 34.7 Å². The normalized spacial score (nSPS) is 15.3. The van der Waals surface area contributed by atoms with E-state index in [9.17, 15) is 9.59 Å². The third-order valence-corrected chi connectivity index (χ3v) is 6.45. The molecule has 1 amide bonds. The predicted molar refractivity (Wildman–Crippen MR) is 128 cm³/mol. The minimum Gasteiger partial charge on any atom is -0.467 e. The van der Waals surface area contributed by atoms with Gasteiger partial charge in [0.2, 0.25) is 0 Å². The first-order valence-electron chi connectivity index (χ1n) is 11.3. The Morgan fingerprint density at radius 1 is 1.00 bits per heavy atom. The zero-order chi connectivity index (χ0) is 22.5. The van der Waals surface area contributed by atoms with Crippen LogP contribution >= 0.6 is 0 Å². The van der Waals surface area contributed by atoms with Crippen LogP contribution in [0.25, 0.3) is 21.9 Å². The van der Waals surface area contributed by atoms with Crippen molar-refractivity contribution < 1.29 is 14.3 Å². The van der Waals surface area contributed by atoms with Crippen LogP contribution in [0.3, 0.4) is 0 Å². The molecule has 32 heavy (non-hydrogen) atoms. The molecule has 5 nitrogen and oxygen atoms in total. The molecule has 0 saturated heterocycles. The van der Waals surface area contributed by atoms with Crippen LogP contribution in [0.15, 0.2) is 60.7 Å². The topological polar surface area (TPSA) is 81.4 Å². The molecule has 0 unspecified atom stereocenters. The van der Waals surface area contributed by atoms with Crippen molar-refractivity contribution >= 4 is 28.3 Å². The van der Waals surface area contributed by atoms with E-state index in [1.807, 2.05) is 48.5 Å². The second-order valence-electron chi connectivity index (χ2n) is 8.62. The maximum atomic E-state index is 13.4. The lowest BCUT2D eigenvalue weighted by Gasteiger charge is -2.26. The van der Waals surface area contributed by atoms with Gasteiger partial charge in [0.15, 0.2) is 0 Å². The highest BCUT2D eigenvalue weighted by Gasteiger charge is 2.28. The van der Waals surface area contributed by atoms with Gasteiger partial charge >= 0.3 is 5.97 Å². The van der Waals surface area contributed by atoms with Gasteiger partial charge in [-0.3, -0.25) is 4.79 Å². The Morgan fingerprint density at radius 2 is 1.75 bits per heavy atom. The number of rotatable bonds is 6. The summed E-state index contributed by atoms with van der Waals surface area (Å²) in [5, 5.41) is 5.08. The molecule has 3 N–H and O–H groups in total. The summed E-state index contributed by atoms with van der Waals surface area (Å²) in [5.41, 5.74) is 8.85. The van der Waals surface area contributed by atoms with Crippen molar-refractivity contribution in [3.05, 3.63) is 66.2 Å². The monoisotopic (exact) mass is 430 g/mol. The van der Waals surface area contributed by atoms with Crippen molar-refractivity contribution in [3.8, 4) is 11.1 Å². The average molecular weight is 431 g/mol. The van der Waals surface area contributed by atoms with Crippen molar-refractivity contribution in [2.24, 2.45) is 5.92 Å². The summed E-state index contributed by atoms with van der Waals surface area (Å²) in [7, 11) is 1.37. The average Bonchev–Trinajstić information content (AvgIpc) is 2.83. The Balaban J connectivity index is 1.66. The maximum Gasteiger partial charge on any atom is 0.328 e. The van der Waals surface area contributed by atoms with E-state index in [2.05, 4.69) is 5.32 Å².